The number of hydrogen-bond acceptors (Lipinski definition) is 6. The SMILES string of the molecule is CNC(=O)c1noc(Cn2ccnc2-c2ccc3c(c2)CC(C)O3)n1. The van der Waals surface area contributed by atoms with Gasteiger partial charge in [-0.2, -0.15) is 4.98 Å². The highest BCUT2D eigenvalue weighted by atomic mass is 16.5. The number of rotatable bonds is 4. The minimum absolute atomic E-state index is 0.0165. The molecular weight excluding hydrogens is 322 g/mol. The summed E-state index contributed by atoms with van der Waals surface area (Å²) in [6.07, 6.45) is 4.65. The number of amides is 1. The fraction of sp³-hybridized carbons (Fsp3) is 0.294. The Morgan fingerprint density at radius 2 is 2.32 bits per heavy atom. The summed E-state index contributed by atoms with van der Waals surface area (Å²) in [5, 5.41) is 6.14. The first-order valence-corrected chi connectivity index (χ1v) is 8.00. The summed E-state index contributed by atoms with van der Waals surface area (Å²) in [7, 11) is 1.52. The number of hydrogen-bond donors (Lipinski definition) is 1. The molecule has 0 spiro atoms. The highest BCUT2D eigenvalue weighted by Gasteiger charge is 2.20. The van der Waals surface area contributed by atoms with E-state index in [4.69, 9.17) is 9.26 Å². The summed E-state index contributed by atoms with van der Waals surface area (Å²) in [5.41, 5.74) is 2.17. The van der Waals surface area contributed by atoms with Crippen molar-refractivity contribution >= 4 is 5.91 Å². The van der Waals surface area contributed by atoms with Crippen molar-refractivity contribution < 1.29 is 14.1 Å². The topological polar surface area (TPSA) is 95.1 Å². The van der Waals surface area contributed by atoms with Gasteiger partial charge in [0.1, 0.15) is 24.2 Å². The highest BCUT2D eigenvalue weighted by Crippen LogP contribution is 2.32. The number of ether oxygens (including phenoxy) is 1. The summed E-state index contributed by atoms with van der Waals surface area (Å²) >= 11 is 0. The first kappa shape index (κ1) is 15.4. The lowest BCUT2D eigenvalue weighted by Gasteiger charge is -2.07. The highest BCUT2D eigenvalue weighted by molar-refractivity contribution is 5.89. The van der Waals surface area contributed by atoms with E-state index < -0.39 is 0 Å². The molecule has 0 fully saturated rings. The van der Waals surface area contributed by atoms with E-state index in [2.05, 4.69) is 33.4 Å². The van der Waals surface area contributed by atoms with Crippen LogP contribution in [0.1, 0.15) is 29.0 Å². The molecule has 0 radical (unpaired) electrons. The molecule has 1 unspecified atom stereocenters. The average molecular weight is 339 g/mol. The lowest BCUT2D eigenvalue weighted by molar-refractivity contribution is 0.0950. The Kier molecular flexibility index (Phi) is 3.72. The minimum Gasteiger partial charge on any atom is -0.490 e. The molecule has 1 amide bonds. The maximum Gasteiger partial charge on any atom is 0.292 e. The smallest absolute Gasteiger partial charge is 0.292 e. The Morgan fingerprint density at radius 1 is 1.44 bits per heavy atom. The number of fused-ring (bicyclic) bond motifs is 1. The largest absolute Gasteiger partial charge is 0.490 e. The quantitative estimate of drug-likeness (QED) is 0.777. The number of aromatic nitrogens is 4. The number of nitrogens with zero attached hydrogens (tertiary/aromatic N) is 4. The molecular formula is C17H17N5O3. The van der Waals surface area contributed by atoms with Crippen LogP contribution in [0.25, 0.3) is 11.4 Å². The molecule has 0 aliphatic carbocycles. The predicted octanol–water partition coefficient (Wildman–Crippen LogP) is 1.66. The van der Waals surface area contributed by atoms with Crippen LogP contribution in [0.2, 0.25) is 0 Å². The predicted molar refractivity (Wildman–Crippen MR) is 88.2 cm³/mol. The minimum atomic E-state index is -0.381. The van der Waals surface area contributed by atoms with Crippen LogP contribution in [-0.2, 0) is 13.0 Å². The zero-order valence-electron chi connectivity index (χ0n) is 13.9. The van der Waals surface area contributed by atoms with E-state index in [1.807, 2.05) is 22.9 Å². The van der Waals surface area contributed by atoms with E-state index in [-0.39, 0.29) is 17.8 Å². The number of benzene rings is 1. The van der Waals surface area contributed by atoms with Gasteiger partial charge in [-0.25, -0.2) is 4.98 Å². The third-order valence-electron chi connectivity index (χ3n) is 4.07. The molecule has 8 nitrogen and oxygen atoms in total. The first-order valence-electron chi connectivity index (χ1n) is 8.00. The molecule has 3 aromatic rings. The van der Waals surface area contributed by atoms with Crippen LogP contribution >= 0.6 is 0 Å². The van der Waals surface area contributed by atoms with Gasteiger partial charge in [0.25, 0.3) is 11.7 Å². The Morgan fingerprint density at radius 3 is 3.16 bits per heavy atom. The van der Waals surface area contributed by atoms with Crippen molar-refractivity contribution in [1.29, 1.82) is 0 Å². The van der Waals surface area contributed by atoms with E-state index in [0.717, 1.165) is 23.6 Å². The molecule has 1 aliphatic heterocycles. The molecule has 4 rings (SSSR count). The summed E-state index contributed by atoms with van der Waals surface area (Å²) in [5.74, 6) is 1.70. The molecule has 1 aromatic carbocycles. The third kappa shape index (κ3) is 2.86. The second-order valence-electron chi connectivity index (χ2n) is 5.92. The second-order valence-corrected chi connectivity index (χ2v) is 5.92. The van der Waals surface area contributed by atoms with Crippen LogP contribution in [0.5, 0.6) is 5.75 Å². The van der Waals surface area contributed by atoms with Gasteiger partial charge in [-0.3, -0.25) is 4.79 Å². The summed E-state index contributed by atoms with van der Waals surface area (Å²) in [6, 6.07) is 6.06. The molecule has 1 aliphatic rings. The average Bonchev–Trinajstić information content (AvgIpc) is 3.32. The van der Waals surface area contributed by atoms with Crippen molar-refractivity contribution in [3.8, 4) is 17.1 Å². The number of imidazole rings is 1. The molecule has 25 heavy (non-hydrogen) atoms. The van der Waals surface area contributed by atoms with Crippen LogP contribution in [0.3, 0.4) is 0 Å². The Labute approximate surface area is 143 Å². The molecule has 0 bridgehead atoms. The molecule has 0 saturated heterocycles. The van der Waals surface area contributed by atoms with E-state index in [9.17, 15) is 4.79 Å². The fourth-order valence-electron chi connectivity index (χ4n) is 2.93. The molecule has 1 atom stereocenters. The monoisotopic (exact) mass is 339 g/mol. The van der Waals surface area contributed by atoms with Crippen molar-refractivity contribution in [2.75, 3.05) is 7.05 Å². The molecule has 0 saturated carbocycles. The van der Waals surface area contributed by atoms with E-state index in [0.29, 0.717) is 12.4 Å². The summed E-state index contributed by atoms with van der Waals surface area (Å²) < 4.78 is 12.8. The lowest BCUT2D eigenvalue weighted by atomic mass is 10.1. The Balaban J connectivity index is 1.60. The van der Waals surface area contributed by atoms with Crippen molar-refractivity contribution in [2.24, 2.45) is 0 Å². The van der Waals surface area contributed by atoms with Gasteiger partial charge >= 0.3 is 0 Å². The van der Waals surface area contributed by atoms with Gasteiger partial charge in [0.05, 0.1) is 0 Å². The molecule has 8 heteroatoms. The maximum absolute atomic E-state index is 11.5. The van der Waals surface area contributed by atoms with Crippen LogP contribution in [0, 0.1) is 0 Å². The van der Waals surface area contributed by atoms with Gasteiger partial charge in [0.15, 0.2) is 0 Å². The fourth-order valence-corrected chi connectivity index (χ4v) is 2.93. The standard InChI is InChI=1S/C17H17N5O3/c1-10-7-12-8-11(3-4-13(12)24-10)16-19-5-6-22(16)9-14-20-15(21-25-14)17(23)18-2/h3-6,8,10H,7,9H2,1-2H3,(H,18,23). The zero-order chi connectivity index (χ0) is 17.4. The van der Waals surface area contributed by atoms with E-state index >= 15 is 0 Å². The van der Waals surface area contributed by atoms with Crippen molar-refractivity contribution in [3.63, 3.8) is 0 Å². The summed E-state index contributed by atoms with van der Waals surface area (Å²) in [4.78, 5) is 20.1. The molecule has 3 heterocycles. The lowest BCUT2D eigenvalue weighted by Crippen LogP contribution is -2.19. The van der Waals surface area contributed by atoms with Gasteiger partial charge in [-0.05, 0) is 30.7 Å². The summed E-state index contributed by atoms with van der Waals surface area (Å²) in [6.45, 7) is 2.39. The second kappa shape index (κ2) is 6.04. The molecule has 2 aromatic heterocycles. The van der Waals surface area contributed by atoms with Gasteiger partial charge in [-0.15, -0.1) is 0 Å². The Bertz CT molecular complexity index is 930. The van der Waals surface area contributed by atoms with Gasteiger partial charge in [-0.1, -0.05) is 5.16 Å². The number of carbonyl (C=O) groups excluding carboxylic acids is 1. The number of nitrogens with one attached hydrogen (secondary N) is 1. The maximum atomic E-state index is 11.5. The van der Waals surface area contributed by atoms with E-state index in [1.165, 1.54) is 12.6 Å². The van der Waals surface area contributed by atoms with Crippen LogP contribution in [0.4, 0.5) is 0 Å². The van der Waals surface area contributed by atoms with Gasteiger partial charge < -0.3 is 19.1 Å². The van der Waals surface area contributed by atoms with Crippen LogP contribution in [-0.4, -0.2) is 38.8 Å². The van der Waals surface area contributed by atoms with Crippen LogP contribution in [0.15, 0.2) is 35.1 Å². The molecule has 128 valence electrons. The van der Waals surface area contributed by atoms with Crippen molar-refractivity contribution in [2.45, 2.75) is 26.0 Å². The van der Waals surface area contributed by atoms with Gasteiger partial charge in [0, 0.05) is 31.4 Å². The number of carbonyl (C=O) groups is 1. The zero-order valence-corrected chi connectivity index (χ0v) is 13.9. The van der Waals surface area contributed by atoms with Crippen LogP contribution < -0.4 is 10.1 Å². The first-order chi connectivity index (χ1) is 12.1. The van der Waals surface area contributed by atoms with Crippen molar-refractivity contribution in [1.82, 2.24) is 25.0 Å². The normalized spacial score (nSPS) is 15.7. The van der Waals surface area contributed by atoms with Gasteiger partial charge in [0.2, 0.25) is 5.89 Å². The third-order valence-corrected chi connectivity index (χ3v) is 4.07. The molecule has 1 N–H and O–H groups in total. The van der Waals surface area contributed by atoms with Crippen molar-refractivity contribution in [3.05, 3.63) is 47.9 Å². The Hall–Kier alpha value is -3.16. The van der Waals surface area contributed by atoms with E-state index in [1.54, 1.807) is 6.20 Å².